The van der Waals surface area contributed by atoms with Crippen LogP contribution in [0, 0.1) is 11.7 Å². The highest BCUT2D eigenvalue weighted by Crippen LogP contribution is 2.33. The summed E-state index contributed by atoms with van der Waals surface area (Å²) >= 11 is 14.3. The van der Waals surface area contributed by atoms with E-state index in [1.807, 2.05) is 54.8 Å². The maximum atomic E-state index is 13.4. The predicted molar refractivity (Wildman–Crippen MR) is 148 cm³/mol. The molecule has 4 rings (SSSR count). The number of hydrogen-bond donors (Lipinski definition) is 1. The molecule has 37 heavy (non-hydrogen) atoms. The molecule has 0 bridgehead atoms. The van der Waals surface area contributed by atoms with Crippen molar-refractivity contribution < 1.29 is 9.18 Å². The average Bonchev–Trinajstić information content (AvgIpc) is 3.27. The molecule has 9 heteroatoms. The summed E-state index contributed by atoms with van der Waals surface area (Å²) in [6.07, 6.45) is 0.921. The largest absolute Gasteiger partial charge is 0.346 e. The highest BCUT2D eigenvalue weighted by Gasteiger charge is 2.26. The Labute approximate surface area is 230 Å². The number of amides is 1. The maximum absolute atomic E-state index is 13.4. The van der Waals surface area contributed by atoms with Crippen molar-refractivity contribution in [1.82, 2.24) is 20.1 Å². The third kappa shape index (κ3) is 7.34. The van der Waals surface area contributed by atoms with Crippen molar-refractivity contribution in [2.45, 2.75) is 43.6 Å². The van der Waals surface area contributed by atoms with Gasteiger partial charge in [-0.25, -0.2) is 4.39 Å². The van der Waals surface area contributed by atoms with E-state index in [0.717, 1.165) is 11.1 Å². The van der Waals surface area contributed by atoms with Gasteiger partial charge in [0.1, 0.15) is 5.82 Å². The summed E-state index contributed by atoms with van der Waals surface area (Å²) in [5, 5.41) is 13.7. The number of nitrogens with one attached hydrogen (secondary N) is 1. The Balaban J connectivity index is 1.75. The molecule has 0 aliphatic carbocycles. The Morgan fingerprint density at radius 1 is 1.00 bits per heavy atom. The highest BCUT2D eigenvalue weighted by atomic mass is 35.5. The first-order valence-corrected chi connectivity index (χ1v) is 13.7. The van der Waals surface area contributed by atoms with Crippen molar-refractivity contribution >= 4 is 40.9 Å². The van der Waals surface area contributed by atoms with Crippen molar-refractivity contribution in [2.24, 2.45) is 5.92 Å². The molecule has 1 amide bonds. The summed E-state index contributed by atoms with van der Waals surface area (Å²) in [6.45, 7) is 4.01. The van der Waals surface area contributed by atoms with Crippen LogP contribution in [0.2, 0.25) is 10.0 Å². The van der Waals surface area contributed by atoms with Gasteiger partial charge in [0.25, 0.3) is 0 Å². The fourth-order valence-electron chi connectivity index (χ4n) is 3.90. The minimum Gasteiger partial charge on any atom is -0.346 e. The number of rotatable bonds is 10. The quantitative estimate of drug-likeness (QED) is 0.206. The molecule has 1 heterocycles. The summed E-state index contributed by atoms with van der Waals surface area (Å²) in [5.41, 5.74) is 2.65. The van der Waals surface area contributed by atoms with Gasteiger partial charge >= 0.3 is 0 Å². The number of carbonyl (C=O) groups is 1. The van der Waals surface area contributed by atoms with Crippen LogP contribution in [0.5, 0.6) is 0 Å². The molecule has 0 fully saturated rings. The third-order valence-corrected chi connectivity index (χ3v) is 7.15. The minimum atomic E-state index is -0.451. The minimum absolute atomic E-state index is 0.0619. The molecule has 0 saturated carbocycles. The van der Waals surface area contributed by atoms with Gasteiger partial charge in [0, 0.05) is 17.2 Å². The number of halogens is 3. The van der Waals surface area contributed by atoms with E-state index < -0.39 is 6.04 Å². The summed E-state index contributed by atoms with van der Waals surface area (Å²) in [7, 11) is 0. The lowest BCUT2D eigenvalue weighted by Gasteiger charge is -2.21. The van der Waals surface area contributed by atoms with E-state index in [2.05, 4.69) is 15.5 Å². The predicted octanol–water partition coefficient (Wildman–Crippen LogP) is 7.45. The summed E-state index contributed by atoms with van der Waals surface area (Å²) < 4.78 is 15.2. The van der Waals surface area contributed by atoms with Crippen LogP contribution in [0.4, 0.5) is 4.39 Å². The molecule has 0 radical (unpaired) electrons. The van der Waals surface area contributed by atoms with Crippen LogP contribution >= 0.6 is 35.0 Å². The van der Waals surface area contributed by atoms with Crippen LogP contribution in [0.15, 0.2) is 78.0 Å². The van der Waals surface area contributed by atoms with Gasteiger partial charge in [-0.1, -0.05) is 91.3 Å². The van der Waals surface area contributed by atoms with Crippen LogP contribution in [-0.4, -0.2) is 20.7 Å². The molecule has 1 aromatic heterocycles. The van der Waals surface area contributed by atoms with Crippen molar-refractivity contribution in [2.75, 3.05) is 0 Å². The number of aromatic nitrogens is 3. The first-order chi connectivity index (χ1) is 17.8. The molecule has 1 unspecified atom stereocenters. The Hall–Kier alpha value is -2.87. The van der Waals surface area contributed by atoms with Gasteiger partial charge < -0.3 is 5.32 Å². The van der Waals surface area contributed by atoms with Crippen LogP contribution < -0.4 is 5.32 Å². The zero-order valence-electron chi connectivity index (χ0n) is 20.5. The first-order valence-electron chi connectivity index (χ1n) is 11.9. The third-order valence-electron chi connectivity index (χ3n) is 5.61. The second kappa shape index (κ2) is 12.6. The van der Waals surface area contributed by atoms with Gasteiger partial charge in [0.2, 0.25) is 5.91 Å². The lowest BCUT2D eigenvalue weighted by molar-refractivity contribution is -0.122. The SMILES string of the molecule is CC(C)CC(=O)NC(Cc1ccccc1)c1nnc(SCc2ccc(F)cc2)n1-c1ccc(Cl)cc1Cl. The second-order valence-electron chi connectivity index (χ2n) is 9.09. The molecule has 5 nitrogen and oxygen atoms in total. The molecule has 4 aromatic rings. The first kappa shape index (κ1) is 27.2. The van der Waals surface area contributed by atoms with Gasteiger partial charge in [0.15, 0.2) is 11.0 Å². The maximum Gasteiger partial charge on any atom is 0.220 e. The van der Waals surface area contributed by atoms with E-state index >= 15 is 0 Å². The van der Waals surface area contributed by atoms with Crippen molar-refractivity contribution in [1.29, 1.82) is 0 Å². The zero-order valence-corrected chi connectivity index (χ0v) is 22.8. The molecule has 0 aliphatic heterocycles. The lowest BCUT2D eigenvalue weighted by atomic mass is 10.0. The Morgan fingerprint density at radius 3 is 2.41 bits per heavy atom. The van der Waals surface area contributed by atoms with Crippen molar-refractivity contribution in [3.63, 3.8) is 0 Å². The normalized spacial score (nSPS) is 12.1. The van der Waals surface area contributed by atoms with E-state index in [-0.39, 0.29) is 17.6 Å². The number of carbonyl (C=O) groups excluding carboxylic acids is 1. The van der Waals surface area contributed by atoms with E-state index in [4.69, 9.17) is 23.2 Å². The fraction of sp³-hybridized carbons (Fsp3) is 0.250. The van der Waals surface area contributed by atoms with E-state index in [1.54, 1.807) is 24.3 Å². The summed E-state index contributed by atoms with van der Waals surface area (Å²) in [4.78, 5) is 12.9. The Morgan fingerprint density at radius 2 is 1.73 bits per heavy atom. The van der Waals surface area contributed by atoms with Crippen LogP contribution in [0.1, 0.15) is 43.3 Å². The molecule has 0 spiro atoms. The molecule has 0 saturated heterocycles. The molecular weight excluding hydrogens is 530 g/mol. The monoisotopic (exact) mass is 556 g/mol. The Bertz CT molecular complexity index is 1350. The second-order valence-corrected chi connectivity index (χ2v) is 10.9. The molecule has 3 aromatic carbocycles. The standard InChI is InChI=1S/C28H27Cl2FN4OS/c1-18(2)14-26(36)32-24(15-19-6-4-3-5-7-19)27-33-34-28(37-17-20-8-11-22(31)12-9-20)35(27)25-13-10-21(29)16-23(25)30/h3-13,16,18,24H,14-15,17H2,1-2H3,(H,32,36). The van der Waals surface area contributed by atoms with E-state index in [1.165, 1.54) is 23.9 Å². The fourth-order valence-corrected chi connectivity index (χ4v) is 5.30. The van der Waals surface area contributed by atoms with Gasteiger partial charge in [0.05, 0.1) is 16.8 Å². The highest BCUT2D eigenvalue weighted by molar-refractivity contribution is 7.98. The summed E-state index contributed by atoms with van der Waals surface area (Å²) in [5.74, 6) is 0.975. The van der Waals surface area contributed by atoms with Crippen LogP contribution in [0.3, 0.4) is 0 Å². The van der Waals surface area contributed by atoms with Gasteiger partial charge in [-0.05, 0) is 53.8 Å². The van der Waals surface area contributed by atoms with Crippen molar-refractivity contribution in [3.05, 3.63) is 106 Å². The number of thioether (sulfide) groups is 1. The molecule has 192 valence electrons. The number of benzene rings is 3. The summed E-state index contributed by atoms with van der Waals surface area (Å²) in [6, 6.07) is 21.0. The van der Waals surface area contributed by atoms with Gasteiger partial charge in [-0.2, -0.15) is 0 Å². The van der Waals surface area contributed by atoms with Crippen LogP contribution in [-0.2, 0) is 17.0 Å². The number of hydrogen-bond acceptors (Lipinski definition) is 4. The average molecular weight is 558 g/mol. The smallest absolute Gasteiger partial charge is 0.220 e. The van der Waals surface area contributed by atoms with Gasteiger partial charge in [-0.3, -0.25) is 9.36 Å². The number of nitrogens with zero attached hydrogens (tertiary/aromatic N) is 3. The molecular formula is C28H27Cl2FN4OS. The molecule has 0 aliphatic rings. The topological polar surface area (TPSA) is 59.8 Å². The van der Waals surface area contributed by atoms with Gasteiger partial charge in [-0.15, -0.1) is 10.2 Å². The van der Waals surface area contributed by atoms with E-state index in [0.29, 0.717) is 45.3 Å². The zero-order chi connectivity index (χ0) is 26.4. The van der Waals surface area contributed by atoms with Crippen molar-refractivity contribution in [3.8, 4) is 5.69 Å². The van der Waals surface area contributed by atoms with E-state index in [9.17, 15) is 9.18 Å². The molecule has 1 N–H and O–H groups in total. The molecule has 1 atom stereocenters. The lowest BCUT2D eigenvalue weighted by Crippen LogP contribution is -2.32. The van der Waals surface area contributed by atoms with Crippen LogP contribution in [0.25, 0.3) is 5.69 Å². The Kier molecular flexibility index (Phi) is 9.24.